The Hall–Kier alpha value is -0.280. The van der Waals surface area contributed by atoms with Crippen LogP contribution in [0.5, 0.6) is 0 Å². The van der Waals surface area contributed by atoms with E-state index in [1.807, 2.05) is 13.8 Å². The van der Waals surface area contributed by atoms with Crippen molar-refractivity contribution < 1.29 is 33.2 Å². The lowest BCUT2D eigenvalue weighted by Crippen LogP contribution is -2.16. The van der Waals surface area contributed by atoms with Crippen LogP contribution in [0.1, 0.15) is 13.8 Å². The standard InChI is InChI=1S/C12H24O6.C4H10O/c1-2-14-5-6-16-9-10-18-12-11-17-8-7-15-4-3-13-1;1-3-5-4-2/h1-12H2;3-4H2,1-2H3. The van der Waals surface area contributed by atoms with Crippen LogP contribution in [0.2, 0.25) is 0 Å². The zero-order valence-electron chi connectivity index (χ0n) is 14.8. The second kappa shape index (κ2) is 21.7. The van der Waals surface area contributed by atoms with E-state index in [1.165, 1.54) is 0 Å². The van der Waals surface area contributed by atoms with Crippen molar-refractivity contribution in [2.75, 3.05) is 92.5 Å². The predicted molar refractivity (Wildman–Crippen MR) is 87.1 cm³/mol. The Morgan fingerprint density at radius 3 is 0.696 bits per heavy atom. The summed E-state index contributed by atoms with van der Waals surface area (Å²) in [6.45, 7) is 12.7. The molecule has 0 unspecified atom stereocenters. The van der Waals surface area contributed by atoms with E-state index in [4.69, 9.17) is 33.2 Å². The molecule has 1 rings (SSSR count). The molecule has 7 nitrogen and oxygen atoms in total. The van der Waals surface area contributed by atoms with Gasteiger partial charge in [-0.25, -0.2) is 0 Å². The second-order valence-corrected chi connectivity index (χ2v) is 4.46. The lowest BCUT2D eigenvalue weighted by Gasteiger charge is -2.09. The van der Waals surface area contributed by atoms with Gasteiger partial charge in [0, 0.05) is 13.2 Å². The van der Waals surface area contributed by atoms with Crippen LogP contribution in [0.15, 0.2) is 0 Å². The summed E-state index contributed by atoms with van der Waals surface area (Å²) < 4.78 is 36.8. The first-order valence-electron chi connectivity index (χ1n) is 8.46. The molecule has 1 saturated heterocycles. The Bertz CT molecular complexity index is 128. The normalized spacial score (nSPS) is 20.6. The molecule has 0 atom stereocenters. The van der Waals surface area contributed by atoms with Gasteiger partial charge in [-0.3, -0.25) is 0 Å². The van der Waals surface area contributed by atoms with E-state index >= 15 is 0 Å². The monoisotopic (exact) mass is 338 g/mol. The predicted octanol–water partition coefficient (Wildman–Crippen LogP) is 1.14. The molecular formula is C16H34O7. The van der Waals surface area contributed by atoms with Crippen LogP contribution in [0.3, 0.4) is 0 Å². The Balaban J connectivity index is 0.000000841. The molecule has 0 saturated carbocycles. The molecule has 1 fully saturated rings. The van der Waals surface area contributed by atoms with Crippen LogP contribution in [0.4, 0.5) is 0 Å². The maximum absolute atomic E-state index is 5.33. The molecule has 140 valence electrons. The molecule has 0 aliphatic carbocycles. The first-order chi connectivity index (χ1) is 11.4. The average Bonchev–Trinajstić information content (AvgIpc) is 2.56. The minimum absolute atomic E-state index is 0.586. The summed E-state index contributed by atoms with van der Waals surface area (Å²) in [5, 5.41) is 0. The van der Waals surface area contributed by atoms with Crippen molar-refractivity contribution in [1.82, 2.24) is 0 Å². The van der Waals surface area contributed by atoms with Gasteiger partial charge in [0.2, 0.25) is 0 Å². The fourth-order valence-corrected chi connectivity index (χ4v) is 1.52. The zero-order chi connectivity index (χ0) is 16.8. The number of hydrogen-bond donors (Lipinski definition) is 0. The summed E-state index contributed by atoms with van der Waals surface area (Å²) >= 11 is 0. The van der Waals surface area contributed by atoms with Crippen LogP contribution in [0.25, 0.3) is 0 Å². The molecule has 23 heavy (non-hydrogen) atoms. The molecule has 0 bridgehead atoms. The minimum atomic E-state index is 0.586. The second-order valence-electron chi connectivity index (χ2n) is 4.46. The van der Waals surface area contributed by atoms with E-state index in [0.29, 0.717) is 79.3 Å². The molecule has 1 aliphatic rings. The summed E-state index contributed by atoms with van der Waals surface area (Å²) in [5.41, 5.74) is 0. The fourth-order valence-electron chi connectivity index (χ4n) is 1.52. The van der Waals surface area contributed by atoms with Crippen LogP contribution in [-0.2, 0) is 33.2 Å². The number of hydrogen-bond acceptors (Lipinski definition) is 7. The van der Waals surface area contributed by atoms with Gasteiger partial charge in [-0.2, -0.15) is 0 Å². The van der Waals surface area contributed by atoms with Crippen LogP contribution in [0, 0.1) is 0 Å². The van der Waals surface area contributed by atoms with Gasteiger partial charge < -0.3 is 33.2 Å². The first-order valence-corrected chi connectivity index (χ1v) is 8.46. The van der Waals surface area contributed by atoms with Crippen LogP contribution < -0.4 is 0 Å². The van der Waals surface area contributed by atoms with E-state index in [2.05, 4.69) is 0 Å². The molecule has 0 aromatic heterocycles. The molecule has 0 N–H and O–H groups in total. The van der Waals surface area contributed by atoms with Crippen molar-refractivity contribution in [3.05, 3.63) is 0 Å². The highest BCUT2D eigenvalue weighted by atomic mass is 16.6. The Morgan fingerprint density at radius 2 is 0.609 bits per heavy atom. The van der Waals surface area contributed by atoms with E-state index in [1.54, 1.807) is 0 Å². The van der Waals surface area contributed by atoms with Gasteiger partial charge in [0.05, 0.1) is 79.3 Å². The van der Waals surface area contributed by atoms with E-state index in [-0.39, 0.29) is 0 Å². The summed E-state index contributed by atoms with van der Waals surface area (Å²) in [4.78, 5) is 0. The topological polar surface area (TPSA) is 64.6 Å². The fraction of sp³-hybridized carbons (Fsp3) is 1.00. The highest BCUT2D eigenvalue weighted by molar-refractivity contribution is 4.38. The molecule has 7 heteroatoms. The van der Waals surface area contributed by atoms with Gasteiger partial charge in [-0.05, 0) is 13.8 Å². The average molecular weight is 338 g/mol. The van der Waals surface area contributed by atoms with Gasteiger partial charge in [-0.15, -0.1) is 0 Å². The molecule has 1 heterocycles. The van der Waals surface area contributed by atoms with Crippen molar-refractivity contribution in [1.29, 1.82) is 0 Å². The molecule has 0 spiro atoms. The Morgan fingerprint density at radius 1 is 0.435 bits per heavy atom. The Labute approximate surface area is 140 Å². The van der Waals surface area contributed by atoms with E-state index < -0.39 is 0 Å². The maximum Gasteiger partial charge on any atom is 0.0701 e. The quantitative estimate of drug-likeness (QED) is 0.748. The first kappa shape index (κ1) is 22.7. The van der Waals surface area contributed by atoms with Gasteiger partial charge in [-0.1, -0.05) is 0 Å². The molecule has 1 aliphatic heterocycles. The highest BCUT2D eigenvalue weighted by Crippen LogP contribution is 1.86. The largest absolute Gasteiger partial charge is 0.382 e. The lowest BCUT2D eigenvalue weighted by molar-refractivity contribution is -0.0334. The molecular weight excluding hydrogens is 304 g/mol. The molecule has 0 radical (unpaired) electrons. The third-order valence-corrected chi connectivity index (χ3v) is 2.64. The third kappa shape index (κ3) is 21.7. The molecule has 0 aromatic carbocycles. The third-order valence-electron chi connectivity index (χ3n) is 2.64. The smallest absolute Gasteiger partial charge is 0.0701 e. The maximum atomic E-state index is 5.33. The summed E-state index contributed by atoms with van der Waals surface area (Å²) in [7, 11) is 0. The van der Waals surface area contributed by atoms with Gasteiger partial charge in [0.15, 0.2) is 0 Å². The van der Waals surface area contributed by atoms with Gasteiger partial charge >= 0.3 is 0 Å². The summed E-state index contributed by atoms with van der Waals surface area (Å²) in [6, 6.07) is 0. The van der Waals surface area contributed by atoms with Gasteiger partial charge in [0.1, 0.15) is 0 Å². The van der Waals surface area contributed by atoms with Gasteiger partial charge in [0.25, 0.3) is 0 Å². The van der Waals surface area contributed by atoms with Crippen molar-refractivity contribution >= 4 is 0 Å². The van der Waals surface area contributed by atoms with Crippen LogP contribution in [-0.4, -0.2) is 92.5 Å². The minimum Gasteiger partial charge on any atom is -0.382 e. The van der Waals surface area contributed by atoms with E-state index in [9.17, 15) is 0 Å². The van der Waals surface area contributed by atoms with Crippen LogP contribution >= 0.6 is 0 Å². The van der Waals surface area contributed by atoms with Crippen molar-refractivity contribution in [3.63, 3.8) is 0 Å². The molecule has 0 aromatic rings. The van der Waals surface area contributed by atoms with Crippen molar-refractivity contribution in [3.8, 4) is 0 Å². The van der Waals surface area contributed by atoms with Crippen molar-refractivity contribution in [2.45, 2.75) is 13.8 Å². The molecule has 0 amide bonds. The van der Waals surface area contributed by atoms with Crippen molar-refractivity contribution in [2.24, 2.45) is 0 Å². The van der Waals surface area contributed by atoms with E-state index in [0.717, 1.165) is 13.2 Å². The number of rotatable bonds is 2. The Kier molecular flexibility index (Phi) is 21.5. The number of ether oxygens (including phenoxy) is 7. The SMILES string of the molecule is C1COCCOCCOCCOCCOCCO1.CCOCC. The lowest BCUT2D eigenvalue weighted by atomic mass is 10.6. The summed E-state index contributed by atoms with van der Waals surface area (Å²) in [6.07, 6.45) is 0. The highest BCUT2D eigenvalue weighted by Gasteiger charge is 1.95. The zero-order valence-corrected chi connectivity index (χ0v) is 14.8. The summed E-state index contributed by atoms with van der Waals surface area (Å²) in [5.74, 6) is 0.